The summed E-state index contributed by atoms with van der Waals surface area (Å²) >= 11 is 1.95. The van der Waals surface area contributed by atoms with Crippen molar-refractivity contribution in [1.82, 2.24) is 0 Å². The molecule has 0 aromatic heterocycles. The summed E-state index contributed by atoms with van der Waals surface area (Å²) in [5.41, 5.74) is -0.249. The molecule has 0 aromatic carbocycles. The van der Waals surface area contributed by atoms with Crippen LogP contribution in [0, 0.1) is 5.92 Å². The van der Waals surface area contributed by atoms with Gasteiger partial charge in [-0.05, 0) is 58.5 Å². The smallest absolute Gasteiger partial charge is 0.383 e. The second kappa shape index (κ2) is 12.2. The summed E-state index contributed by atoms with van der Waals surface area (Å²) in [4.78, 5) is 4.43. The van der Waals surface area contributed by atoms with Crippen molar-refractivity contribution in [2.45, 2.75) is 72.3 Å². The van der Waals surface area contributed by atoms with Gasteiger partial charge in [-0.15, -0.1) is 0 Å². The van der Waals surface area contributed by atoms with Crippen molar-refractivity contribution >= 4 is 17.8 Å². The zero-order chi connectivity index (χ0) is 16.1. The van der Waals surface area contributed by atoms with Gasteiger partial charge in [-0.2, -0.15) is 11.8 Å². The first-order valence-electron chi connectivity index (χ1n) is 8.24. The lowest BCUT2D eigenvalue weighted by Gasteiger charge is -2.21. The summed E-state index contributed by atoms with van der Waals surface area (Å²) in [6.07, 6.45) is 8.97. The van der Waals surface area contributed by atoms with Crippen LogP contribution in [0.2, 0.25) is 0 Å². The van der Waals surface area contributed by atoms with Crippen molar-refractivity contribution in [1.29, 1.82) is 0 Å². The topological polar surface area (TPSA) is 30.8 Å². The Kier molecular flexibility index (Phi) is 12.0. The van der Waals surface area contributed by atoms with E-state index < -0.39 is 0 Å². The average molecular weight is 318 g/mol. The van der Waals surface area contributed by atoms with E-state index in [0.29, 0.717) is 12.7 Å². The number of unbranched alkanes of at least 4 members (excludes halogenated alkanes) is 3. The fourth-order valence-corrected chi connectivity index (χ4v) is 2.72. The number of ether oxygens (including phenoxy) is 2. The van der Waals surface area contributed by atoms with Crippen LogP contribution in [0.3, 0.4) is 0 Å². The molecule has 0 N–H and O–H groups in total. The molecule has 3 nitrogen and oxygen atoms in total. The molecule has 126 valence electrons. The van der Waals surface area contributed by atoms with E-state index in [1.165, 1.54) is 31.4 Å². The number of nitrogens with zero attached hydrogens (tertiary/aromatic N) is 1. The zero-order valence-corrected chi connectivity index (χ0v) is 15.7. The Labute approximate surface area is 136 Å². The highest BCUT2D eigenvalue weighted by molar-refractivity contribution is 7.98. The molecule has 0 spiro atoms. The molecule has 0 heterocycles. The Bertz CT molecular complexity index is 274. The van der Waals surface area contributed by atoms with Crippen LogP contribution < -0.4 is 0 Å². The Morgan fingerprint density at radius 2 is 1.81 bits per heavy atom. The Morgan fingerprint density at radius 1 is 1.14 bits per heavy atom. The van der Waals surface area contributed by atoms with Crippen molar-refractivity contribution in [3.05, 3.63) is 0 Å². The second-order valence-electron chi connectivity index (χ2n) is 6.56. The maximum atomic E-state index is 5.69. The molecule has 0 aliphatic rings. The number of hydrogen-bond acceptors (Lipinski definition) is 4. The summed E-state index contributed by atoms with van der Waals surface area (Å²) in [6.45, 7) is 11.7. The molecule has 0 unspecified atom stereocenters. The summed E-state index contributed by atoms with van der Waals surface area (Å²) in [7, 11) is 0. The van der Waals surface area contributed by atoms with Crippen LogP contribution in [0.25, 0.3) is 0 Å². The highest BCUT2D eigenvalue weighted by Gasteiger charge is 2.15. The predicted octanol–water partition coefficient (Wildman–Crippen LogP) is 5.14. The molecular formula is C17H35NO2S. The van der Waals surface area contributed by atoms with Gasteiger partial charge in [-0.25, -0.2) is 4.99 Å². The quantitative estimate of drug-likeness (QED) is 0.317. The molecule has 1 atom stereocenters. The highest BCUT2D eigenvalue weighted by atomic mass is 32.2. The van der Waals surface area contributed by atoms with Crippen molar-refractivity contribution in [2.75, 3.05) is 25.2 Å². The maximum absolute atomic E-state index is 5.69. The van der Waals surface area contributed by atoms with E-state index in [1.807, 2.05) is 39.5 Å². The first-order chi connectivity index (χ1) is 9.89. The van der Waals surface area contributed by atoms with Gasteiger partial charge in [0.15, 0.2) is 0 Å². The summed E-state index contributed by atoms with van der Waals surface area (Å²) in [5.74, 6) is 2.13. The lowest BCUT2D eigenvalue weighted by molar-refractivity contribution is 0.0601. The summed E-state index contributed by atoms with van der Waals surface area (Å²) in [6, 6.07) is 0. The maximum Gasteiger partial charge on any atom is 0.383 e. The Hall–Kier alpha value is -0.380. The molecule has 0 amide bonds. The van der Waals surface area contributed by atoms with E-state index >= 15 is 0 Å². The van der Waals surface area contributed by atoms with Gasteiger partial charge in [-0.3, -0.25) is 0 Å². The summed E-state index contributed by atoms with van der Waals surface area (Å²) in [5, 5.41) is 0. The molecule has 0 saturated heterocycles. The fourth-order valence-electron chi connectivity index (χ4n) is 1.99. The molecule has 0 bridgehead atoms. The SMILES string of the molecule is CCOC(=NCCCCCC[C@H](C)CSC)OC(C)(C)C. The van der Waals surface area contributed by atoms with E-state index in [4.69, 9.17) is 9.47 Å². The van der Waals surface area contributed by atoms with Crippen LogP contribution in [0.15, 0.2) is 4.99 Å². The lowest BCUT2D eigenvalue weighted by Crippen LogP contribution is -2.26. The third kappa shape index (κ3) is 14.3. The molecule has 0 aliphatic carbocycles. The molecule has 21 heavy (non-hydrogen) atoms. The molecule has 4 heteroatoms. The minimum atomic E-state index is -0.249. The molecule has 0 rings (SSSR count). The third-order valence-electron chi connectivity index (χ3n) is 2.96. The van der Waals surface area contributed by atoms with Crippen molar-refractivity contribution in [3.63, 3.8) is 0 Å². The average Bonchev–Trinajstić information content (AvgIpc) is 2.36. The van der Waals surface area contributed by atoms with Gasteiger partial charge in [0.2, 0.25) is 0 Å². The highest BCUT2D eigenvalue weighted by Crippen LogP contribution is 2.14. The largest absolute Gasteiger partial charge is 0.451 e. The van der Waals surface area contributed by atoms with Gasteiger partial charge in [0.05, 0.1) is 6.61 Å². The Balaban J connectivity index is 3.75. The van der Waals surface area contributed by atoms with E-state index in [1.54, 1.807) is 0 Å². The van der Waals surface area contributed by atoms with Gasteiger partial charge in [-0.1, -0.05) is 26.2 Å². The van der Waals surface area contributed by atoms with Crippen LogP contribution in [-0.4, -0.2) is 36.8 Å². The minimum absolute atomic E-state index is 0.249. The zero-order valence-electron chi connectivity index (χ0n) is 14.9. The van der Waals surface area contributed by atoms with Crippen molar-refractivity contribution < 1.29 is 9.47 Å². The van der Waals surface area contributed by atoms with Crippen LogP contribution >= 0.6 is 11.8 Å². The van der Waals surface area contributed by atoms with Gasteiger partial charge in [0.25, 0.3) is 0 Å². The summed E-state index contributed by atoms with van der Waals surface area (Å²) < 4.78 is 11.1. The standard InChI is InChI=1S/C17H35NO2S/c1-7-19-16(20-17(3,4)5)18-13-11-9-8-10-12-15(2)14-21-6/h15H,7-14H2,1-6H3/t15-/m0/s1. The van der Waals surface area contributed by atoms with Gasteiger partial charge >= 0.3 is 6.08 Å². The first-order valence-corrected chi connectivity index (χ1v) is 9.63. The van der Waals surface area contributed by atoms with Crippen LogP contribution in [-0.2, 0) is 9.47 Å². The first kappa shape index (κ1) is 20.6. The predicted molar refractivity (Wildman–Crippen MR) is 95.4 cm³/mol. The van der Waals surface area contributed by atoms with Crippen LogP contribution in [0.5, 0.6) is 0 Å². The molecular weight excluding hydrogens is 282 g/mol. The number of aliphatic imine (C=N–C) groups is 1. The van der Waals surface area contributed by atoms with Crippen LogP contribution in [0.4, 0.5) is 0 Å². The molecule has 0 aromatic rings. The molecule has 0 fully saturated rings. The van der Waals surface area contributed by atoms with E-state index in [0.717, 1.165) is 18.9 Å². The number of rotatable bonds is 10. The van der Waals surface area contributed by atoms with E-state index in [-0.39, 0.29) is 5.60 Å². The van der Waals surface area contributed by atoms with E-state index in [9.17, 15) is 0 Å². The lowest BCUT2D eigenvalue weighted by atomic mass is 10.0. The van der Waals surface area contributed by atoms with Gasteiger partial charge in [0.1, 0.15) is 5.60 Å². The van der Waals surface area contributed by atoms with E-state index in [2.05, 4.69) is 18.2 Å². The number of thioether (sulfide) groups is 1. The molecule has 0 saturated carbocycles. The monoisotopic (exact) mass is 317 g/mol. The van der Waals surface area contributed by atoms with Crippen molar-refractivity contribution in [3.8, 4) is 0 Å². The fraction of sp³-hybridized carbons (Fsp3) is 0.941. The van der Waals surface area contributed by atoms with Gasteiger partial charge in [0, 0.05) is 6.54 Å². The number of hydrogen-bond donors (Lipinski definition) is 0. The van der Waals surface area contributed by atoms with Gasteiger partial charge < -0.3 is 9.47 Å². The molecule has 0 aliphatic heterocycles. The van der Waals surface area contributed by atoms with Crippen LogP contribution in [0.1, 0.15) is 66.7 Å². The minimum Gasteiger partial charge on any atom is -0.451 e. The molecule has 0 radical (unpaired) electrons. The van der Waals surface area contributed by atoms with Crippen molar-refractivity contribution in [2.24, 2.45) is 10.9 Å². The third-order valence-corrected chi connectivity index (χ3v) is 3.86. The Morgan fingerprint density at radius 3 is 2.38 bits per heavy atom. The second-order valence-corrected chi connectivity index (χ2v) is 7.47. The normalized spacial score (nSPS) is 14.1.